The molecule has 1 aromatic carbocycles. The fourth-order valence-corrected chi connectivity index (χ4v) is 9.33. The van der Waals surface area contributed by atoms with Crippen molar-refractivity contribution in [3.8, 4) is 0 Å². The lowest BCUT2D eigenvalue weighted by atomic mass is 9.81. The molecule has 0 unspecified atom stereocenters. The van der Waals surface area contributed by atoms with E-state index < -0.39 is 30.1 Å². The minimum atomic E-state index is -0.927. The third-order valence-corrected chi connectivity index (χ3v) is 13.1. The molecule has 3 heterocycles. The predicted molar refractivity (Wildman–Crippen MR) is 227 cm³/mol. The van der Waals surface area contributed by atoms with Crippen LogP contribution in [-0.2, 0) is 25.5 Å². The van der Waals surface area contributed by atoms with Crippen LogP contribution < -0.4 is 10.6 Å². The zero-order chi connectivity index (χ0) is 41.4. The number of likely N-dealkylation sites (N-methyl/N-ethyl adjacent to an activating group) is 1. The van der Waals surface area contributed by atoms with E-state index in [2.05, 4.69) is 34.4 Å². The molecule has 1 aliphatic carbocycles. The minimum absolute atomic E-state index is 0.00116. The highest BCUT2D eigenvalue weighted by molar-refractivity contribution is 5.93. The molecule has 0 spiro atoms. The van der Waals surface area contributed by atoms with Crippen LogP contribution in [0, 0.1) is 17.8 Å². The second-order valence-corrected chi connectivity index (χ2v) is 17.8. The van der Waals surface area contributed by atoms with Crippen molar-refractivity contribution in [3.63, 3.8) is 0 Å². The molecular weight excluding hydrogens is 735 g/mol. The van der Waals surface area contributed by atoms with E-state index in [1.54, 1.807) is 9.80 Å². The van der Waals surface area contributed by atoms with Gasteiger partial charge in [0.25, 0.3) is 0 Å². The molecule has 1 aromatic rings. The second kappa shape index (κ2) is 23.5. The molecule has 4 fully saturated rings. The molecule has 5 amide bonds. The summed E-state index contributed by atoms with van der Waals surface area (Å²) in [5, 5.41) is 18.5. The number of urea groups is 1. The number of hydrogen-bond donors (Lipinski definition) is 3. The highest BCUT2D eigenvalue weighted by Crippen LogP contribution is 2.30. The van der Waals surface area contributed by atoms with Crippen molar-refractivity contribution in [2.24, 2.45) is 17.8 Å². The summed E-state index contributed by atoms with van der Waals surface area (Å²) in [5.74, 6) is -0.558. The van der Waals surface area contributed by atoms with Gasteiger partial charge in [-0.3, -0.25) is 19.3 Å². The quantitative estimate of drug-likeness (QED) is 0.179. The molecule has 1 saturated carbocycles. The van der Waals surface area contributed by atoms with Gasteiger partial charge in [-0.05, 0) is 56.7 Å². The van der Waals surface area contributed by atoms with Crippen molar-refractivity contribution in [1.29, 1.82) is 0 Å². The first-order valence-electron chi connectivity index (χ1n) is 22.7. The lowest BCUT2D eigenvalue weighted by molar-refractivity contribution is -0.149. The first kappa shape index (κ1) is 45.8. The zero-order valence-corrected chi connectivity index (χ0v) is 36.1. The van der Waals surface area contributed by atoms with Crippen LogP contribution >= 0.6 is 0 Å². The SMILES string of the molecule is CCCC[C@@H](C(=O)N[C@@H](CC1CCCCC1)[C@@H](O)C[C@H](C(=O)NCCCN1CCOCC1)C(C)C)N1CCN(C(=O)N2CCN(C)CC2)[C@@H](Cc2ccccc2)C1=O. The highest BCUT2D eigenvalue weighted by atomic mass is 16.5. The van der Waals surface area contributed by atoms with Gasteiger partial charge in [0, 0.05) is 71.2 Å². The van der Waals surface area contributed by atoms with Crippen LogP contribution in [0.15, 0.2) is 30.3 Å². The largest absolute Gasteiger partial charge is 0.391 e. The Labute approximate surface area is 348 Å². The maximum Gasteiger partial charge on any atom is 0.320 e. The molecule has 5 atom stereocenters. The molecule has 3 aliphatic heterocycles. The van der Waals surface area contributed by atoms with E-state index in [0.29, 0.717) is 51.4 Å². The van der Waals surface area contributed by atoms with Gasteiger partial charge in [-0.25, -0.2) is 4.79 Å². The Morgan fingerprint density at radius 3 is 2.28 bits per heavy atom. The number of nitrogens with one attached hydrogen (secondary N) is 2. The van der Waals surface area contributed by atoms with Gasteiger partial charge >= 0.3 is 6.03 Å². The fourth-order valence-electron chi connectivity index (χ4n) is 9.33. The second-order valence-electron chi connectivity index (χ2n) is 17.8. The van der Waals surface area contributed by atoms with Gasteiger partial charge in [0.05, 0.1) is 25.4 Å². The molecule has 0 aromatic heterocycles. The average Bonchev–Trinajstić information content (AvgIpc) is 3.23. The van der Waals surface area contributed by atoms with Gasteiger partial charge in [-0.1, -0.05) is 96.0 Å². The van der Waals surface area contributed by atoms with E-state index in [0.717, 1.165) is 96.4 Å². The number of unbranched alkanes of at least 4 members (excludes halogenated alkanes) is 1. The lowest BCUT2D eigenvalue weighted by Gasteiger charge is -2.46. The number of carbonyl (C=O) groups excluding carboxylic acids is 4. The van der Waals surface area contributed by atoms with Crippen molar-refractivity contribution < 1.29 is 29.0 Å². The van der Waals surface area contributed by atoms with Crippen LogP contribution in [0.3, 0.4) is 0 Å². The average molecular weight is 810 g/mol. The number of nitrogens with zero attached hydrogens (tertiary/aromatic N) is 5. The van der Waals surface area contributed by atoms with E-state index in [9.17, 15) is 24.3 Å². The number of carbonyl (C=O) groups is 4. The summed E-state index contributed by atoms with van der Waals surface area (Å²) in [7, 11) is 2.05. The molecule has 3 saturated heterocycles. The Hall–Kier alpha value is -3.26. The predicted octanol–water partition coefficient (Wildman–Crippen LogP) is 3.99. The monoisotopic (exact) mass is 810 g/mol. The van der Waals surface area contributed by atoms with E-state index in [1.807, 2.05) is 49.1 Å². The van der Waals surface area contributed by atoms with Gasteiger partial charge in [0.15, 0.2) is 0 Å². The molecule has 0 radical (unpaired) electrons. The third-order valence-electron chi connectivity index (χ3n) is 13.1. The summed E-state index contributed by atoms with van der Waals surface area (Å²) in [6.45, 7) is 14.3. The minimum Gasteiger partial charge on any atom is -0.391 e. The lowest BCUT2D eigenvalue weighted by Crippen LogP contribution is -2.66. The number of aliphatic hydroxyl groups excluding tert-OH is 1. The summed E-state index contributed by atoms with van der Waals surface area (Å²) >= 11 is 0. The Balaban J connectivity index is 1.30. The number of benzene rings is 1. The number of amides is 5. The van der Waals surface area contributed by atoms with Gasteiger partial charge in [0.2, 0.25) is 17.7 Å². The van der Waals surface area contributed by atoms with Gasteiger partial charge in [0.1, 0.15) is 12.1 Å². The van der Waals surface area contributed by atoms with Crippen LogP contribution in [0.5, 0.6) is 0 Å². The smallest absolute Gasteiger partial charge is 0.320 e. The number of hydrogen-bond acceptors (Lipinski definition) is 8. The molecule has 58 heavy (non-hydrogen) atoms. The van der Waals surface area contributed by atoms with Crippen molar-refractivity contribution in [3.05, 3.63) is 35.9 Å². The Bertz CT molecular complexity index is 1410. The van der Waals surface area contributed by atoms with Gasteiger partial charge in [-0.15, -0.1) is 0 Å². The molecule has 0 bridgehead atoms. The number of piperazine rings is 2. The number of aliphatic hydroxyl groups is 1. The van der Waals surface area contributed by atoms with Crippen molar-refractivity contribution in [2.45, 2.75) is 122 Å². The summed E-state index contributed by atoms with van der Waals surface area (Å²) in [6, 6.07) is 7.67. The van der Waals surface area contributed by atoms with Crippen LogP contribution in [0.25, 0.3) is 0 Å². The van der Waals surface area contributed by atoms with Crippen LogP contribution in [-0.4, -0.2) is 163 Å². The van der Waals surface area contributed by atoms with Gasteiger partial charge in [-0.2, -0.15) is 0 Å². The Morgan fingerprint density at radius 1 is 0.897 bits per heavy atom. The highest BCUT2D eigenvalue weighted by Gasteiger charge is 2.44. The Kier molecular flexibility index (Phi) is 18.6. The van der Waals surface area contributed by atoms with E-state index in [-0.39, 0.29) is 42.6 Å². The zero-order valence-electron chi connectivity index (χ0n) is 36.1. The maximum absolute atomic E-state index is 14.7. The molecule has 13 nitrogen and oxygen atoms in total. The molecule has 5 rings (SSSR count). The standard InChI is InChI=1S/C45H75N7O6/c1-5-6-18-39(51-25-26-52(45(57)50-23-21-48(4)22-24-50)40(44(51)56)32-36-16-11-8-12-17-36)43(55)47-38(31-35-14-9-7-10-15-35)41(53)33-37(34(2)3)42(54)46-19-13-20-49-27-29-58-30-28-49/h8,11-12,16-17,34-35,37-41,53H,5-7,9-10,13-15,18-33H2,1-4H3,(H,46,54)(H,47,55)/t37-,38-,39-,40-,41-/m0/s1. The van der Waals surface area contributed by atoms with Crippen LogP contribution in [0.2, 0.25) is 0 Å². The van der Waals surface area contributed by atoms with E-state index in [1.165, 1.54) is 6.42 Å². The van der Waals surface area contributed by atoms with E-state index >= 15 is 0 Å². The molecule has 13 heteroatoms. The van der Waals surface area contributed by atoms with Crippen molar-refractivity contribution in [1.82, 2.24) is 35.1 Å². The maximum atomic E-state index is 14.7. The normalized spacial score (nSPS) is 22.4. The Morgan fingerprint density at radius 2 is 1.60 bits per heavy atom. The van der Waals surface area contributed by atoms with Crippen molar-refractivity contribution >= 4 is 23.8 Å². The molecular formula is C45H75N7O6. The summed E-state index contributed by atoms with van der Waals surface area (Å²) < 4.78 is 5.46. The number of morpholine rings is 1. The van der Waals surface area contributed by atoms with Crippen molar-refractivity contribution in [2.75, 3.05) is 85.7 Å². The number of ether oxygens (including phenoxy) is 1. The summed E-state index contributed by atoms with van der Waals surface area (Å²) in [6.07, 6.45) is 8.86. The summed E-state index contributed by atoms with van der Waals surface area (Å²) in [5.41, 5.74) is 0.963. The topological polar surface area (TPSA) is 138 Å². The van der Waals surface area contributed by atoms with E-state index in [4.69, 9.17) is 4.74 Å². The fraction of sp³-hybridized carbons (Fsp3) is 0.778. The molecule has 326 valence electrons. The third kappa shape index (κ3) is 13.4. The van der Waals surface area contributed by atoms with Crippen LogP contribution in [0.1, 0.15) is 97.0 Å². The number of rotatable bonds is 19. The molecule has 3 N–H and O–H groups in total. The molecule has 4 aliphatic rings. The first-order chi connectivity index (χ1) is 28.0. The first-order valence-corrected chi connectivity index (χ1v) is 22.7. The van der Waals surface area contributed by atoms with Crippen LogP contribution in [0.4, 0.5) is 4.79 Å². The van der Waals surface area contributed by atoms with Gasteiger partial charge < -0.3 is 40.1 Å². The summed E-state index contributed by atoms with van der Waals surface area (Å²) in [4.78, 5) is 66.9.